The highest BCUT2D eigenvalue weighted by molar-refractivity contribution is 9.10. The number of ether oxygens (including phenoxy) is 1. The van der Waals surface area contributed by atoms with Crippen molar-refractivity contribution in [2.75, 3.05) is 7.11 Å². The zero-order valence-electron chi connectivity index (χ0n) is 19.6. The van der Waals surface area contributed by atoms with Crippen molar-refractivity contribution in [3.05, 3.63) is 131 Å². The van der Waals surface area contributed by atoms with Gasteiger partial charge in [-0.15, -0.1) is 0 Å². The van der Waals surface area contributed by atoms with E-state index in [1.807, 2.05) is 54.7 Å². The van der Waals surface area contributed by atoms with Crippen LogP contribution in [0, 0.1) is 0 Å². The fourth-order valence-electron chi connectivity index (χ4n) is 4.15. The van der Waals surface area contributed by atoms with E-state index in [-0.39, 0.29) is 5.97 Å². The van der Waals surface area contributed by atoms with E-state index in [9.17, 15) is 4.79 Å². The second-order valence-corrected chi connectivity index (χ2v) is 9.09. The molecule has 0 aliphatic heterocycles. The minimum absolute atomic E-state index is 0.365. The third-order valence-electron chi connectivity index (χ3n) is 5.87. The molecule has 0 radical (unpaired) electrons. The molecule has 0 N–H and O–H groups in total. The normalized spacial score (nSPS) is 11.1. The Balaban J connectivity index is 1.69. The van der Waals surface area contributed by atoms with E-state index in [1.165, 1.54) is 7.11 Å². The van der Waals surface area contributed by atoms with Gasteiger partial charge in [0.1, 0.15) is 0 Å². The summed E-state index contributed by atoms with van der Waals surface area (Å²) in [5.74, 6) is -0.365. The van der Waals surface area contributed by atoms with Gasteiger partial charge in [-0.2, -0.15) is 0 Å². The van der Waals surface area contributed by atoms with Crippen LogP contribution >= 0.6 is 15.9 Å². The number of methoxy groups -OCH3 is 1. The highest BCUT2D eigenvalue weighted by Crippen LogP contribution is 2.36. The van der Waals surface area contributed by atoms with Crippen LogP contribution in [0.2, 0.25) is 0 Å². The Morgan fingerprint density at radius 3 is 2.03 bits per heavy atom. The fraction of sp³-hybridized carbons (Fsp3) is 0.0323. The van der Waals surface area contributed by atoms with Gasteiger partial charge < -0.3 is 9.30 Å². The number of benzene rings is 4. The predicted octanol–water partition coefficient (Wildman–Crippen LogP) is 8.11. The first-order chi connectivity index (χ1) is 17.6. The summed E-state index contributed by atoms with van der Waals surface area (Å²) in [5.41, 5.74) is 7.60. The van der Waals surface area contributed by atoms with E-state index in [0.29, 0.717) is 5.56 Å². The van der Waals surface area contributed by atoms with Crippen molar-refractivity contribution in [3.63, 3.8) is 0 Å². The Labute approximate surface area is 218 Å². The van der Waals surface area contributed by atoms with Gasteiger partial charge in [-0.1, -0.05) is 76.6 Å². The first-order valence-electron chi connectivity index (χ1n) is 11.5. The van der Waals surface area contributed by atoms with Crippen LogP contribution in [0.1, 0.15) is 15.9 Å². The maximum absolute atomic E-state index is 11.8. The zero-order valence-corrected chi connectivity index (χ0v) is 21.2. The van der Waals surface area contributed by atoms with Crippen LogP contribution in [0.3, 0.4) is 0 Å². The molecule has 1 heterocycles. The number of hydrogen-bond donors (Lipinski definition) is 0. The lowest BCUT2D eigenvalue weighted by molar-refractivity contribution is 0.0601. The molecule has 0 saturated carbocycles. The Hall–Kier alpha value is -4.22. The maximum Gasteiger partial charge on any atom is 0.337 e. The van der Waals surface area contributed by atoms with Crippen LogP contribution in [-0.4, -0.2) is 23.9 Å². The lowest BCUT2D eigenvalue weighted by atomic mass is 10.1. The van der Waals surface area contributed by atoms with Crippen molar-refractivity contribution in [1.29, 1.82) is 0 Å². The zero-order chi connectivity index (χ0) is 24.9. The predicted molar refractivity (Wildman–Crippen MR) is 149 cm³/mol. The average molecular weight is 535 g/mol. The van der Waals surface area contributed by atoms with Crippen LogP contribution in [0.5, 0.6) is 0 Å². The minimum Gasteiger partial charge on any atom is -0.465 e. The van der Waals surface area contributed by atoms with Gasteiger partial charge >= 0.3 is 5.97 Å². The summed E-state index contributed by atoms with van der Waals surface area (Å²) in [6.45, 7) is 0. The summed E-state index contributed by atoms with van der Waals surface area (Å²) < 4.78 is 8.10. The van der Waals surface area contributed by atoms with Crippen LogP contribution in [0.25, 0.3) is 28.2 Å². The molecule has 0 unspecified atom stereocenters. The first-order valence-corrected chi connectivity index (χ1v) is 12.3. The van der Waals surface area contributed by atoms with Gasteiger partial charge in [-0.3, -0.25) is 4.99 Å². The number of aliphatic imine (C=N–C) groups is 1. The quantitative estimate of drug-likeness (QED) is 0.163. The molecule has 5 rings (SSSR count). The highest BCUT2D eigenvalue weighted by Gasteiger charge is 2.18. The molecule has 4 aromatic carbocycles. The molecule has 1 aromatic heterocycles. The lowest BCUT2D eigenvalue weighted by Crippen LogP contribution is -2.00. The van der Waals surface area contributed by atoms with E-state index in [2.05, 4.69) is 75.1 Å². The molecule has 0 saturated heterocycles. The third kappa shape index (κ3) is 4.92. The standard InChI is InChI=1S/C31H23BrN2O2/c1-36-31(35)24-12-16-27(17-13-24)33-21-25-20-29(22-8-4-2-5-9-22)34(28-18-14-26(32)15-19-28)30(25)23-10-6-3-7-11-23/h2-21H,1H3. The van der Waals surface area contributed by atoms with Crippen LogP contribution < -0.4 is 0 Å². The van der Waals surface area contributed by atoms with E-state index in [1.54, 1.807) is 12.1 Å². The largest absolute Gasteiger partial charge is 0.465 e. The van der Waals surface area contributed by atoms with Gasteiger partial charge in [0.15, 0.2) is 0 Å². The lowest BCUT2D eigenvalue weighted by Gasteiger charge is -2.15. The number of halogens is 1. The van der Waals surface area contributed by atoms with Crippen molar-refractivity contribution < 1.29 is 9.53 Å². The molecule has 0 bridgehead atoms. The molecule has 0 aliphatic rings. The molecule has 0 aliphatic carbocycles. The van der Waals surface area contributed by atoms with Crippen LogP contribution in [0.4, 0.5) is 5.69 Å². The molecular weight excluding hydrogens is 512 g/mol. The molecular formula is C31H23BrN2O2. The van der Waals surface area contributed by atoms with E-state index in [0.717, 1.165) is 43.9 Å². The van der Waals surface area contributed by atoms with E-state index in [4.69, 9.17) is 9.73 Å². The van der Waals surface area contributed by atoms with Crippen molar-refractivity contribution in [2.24, 2.45) is 4.99 Å². The SMILES string of the molecule is COC(=O)c1ccc(N=Cc2cc(-c3ccccc3)n(-c3ccc(Br)cc3)c2-c2ccccc2)cc1. The van der Waals surface area contributed by atoms with Gasteiger partial charge in [0.05, 0.1) is 29.7 Å². The number of aromatic nitrogens is 1. The van der Waals surface area contributed by atoms with Gasteiger partial charge in [-0.25, -0.2) is 4.79 Å². The molecule has 5 aromatic rings. The number of hydrogen-bond acceptors (Lipinski definition) is 3. The van der Waals surface area contributed by atoms with Crippen molar-refractivity contribution in [2.45, 2.75) is 0 Å². The first kappa shape index (κ1) is 23.5. The van der Waals surface area contributed by atoms with E-state index < -0.39 is 0 Å². The average Bonchev–Trinajstić information content (AvgIpc) is 3.32. The number of esters is 1. The van der Waals surface area contributed by atoms with Crippen molar-refractivity contribution in [3.8, 4) is 28.2 Å². The second kappa shape index (κ2) is 10.6. The van der Waals surface area contributed by atoms with Gasteiger partial charge in [0.25, 0.3) is 0 Å². The van der Waals surface area contributed by atoms with E-state index >= 15 is 0 Å². The molecule has 176 valence electrons. The van der Waals surface area contributed by atoms with Gasteiger partial charge in [-0.05, 0) is 65.7 Å². The van der Waals surface area contributed by atoms with Crippen LogP contribution in [-0.2, 0) is 4.74 Å². The topological polar surface area (TPSA) is 43.6 Å². The minimum atomic E-state index is -0.365. The Morgan fingerprint density at radius 1 is 0.806 bits per heavy atom. The monoisotopic (exact) mass is 534 g/mol. The van der Waals surface area contributed by atoms with Crippen molar-refractivity contribution >= 4 is 33.8 Å². The fourth-order valence-corrected chi connectivity index (χ4v) is 4.41. The summed E-state index contributed by atoms with van der Waals surface area (Å²) in [6, 6.07) is 38.2. The number of nitrogens with zero attached hydrogens (tertiary/aromatic N) is 2. The molecule has 0 fully saturated rings. The Bertz CT molecular complexity index is 1510. The molecule has 36 heavy (non-hydrogen) atoms. The second-order valence-electron chi connectivity index (χ2n) is 8.17. The highest BCUT2D eigenvalue weighted by atomic mass is 79.9. The smallest absolute Gasteiger partial charge is 0.337 e. The number of rotatable bonds is 6. The Kier molecular flexibility index (Phi) is 6.92. The Morgan fingerprint density at radius 2 is 1.42 bits per heavy atom. The van der Waals surface area contributed by atoms with Crippen LogP contribution in [0.15, 0.2) is 125 Å². The molecule has 0 amide bonds. The molecule has 0 atom stereocenters. The number of carbonyl (C=O) groups excluding carboxylic acids is 1. The summed E-state index contributed by atoms with van der Waals surface area (Å²) in [6.07, 6.45) is 1.89. The van der Waals surface area contributed by atoms with Gasteiger partial charge in [0, 0.05) is 21.9 Å². The van der Waals surface area contributed by atoms with Gasteiger partial charge in [0.2, 0.25) is 0 Å². The molecule has 0 spiro atoms. The summed E-state index contributed by atoms with van der Waals surface area (Å²) in [4.78, 5) is 16.5. The molecule has 5 heteroatoms. The summed E-state index contributed by atoms with van der Waals surface area (Å²) in [5, 5.41) is 0. The number of carbonyl (C=O) groups is 1. The molecule has 4 nitrogen and oxygen atoms in total. The summed E-state index contributed by atoms with van der Waals surface area (Å²) >= 11 is 3.56. The van der Waals surface area contributed by atoms with Crippen molar-refractivity contribution in [1.82, 2.24) is 4.57 Å². The third-order valence-corrected chi connectivity index (χ3v) is 6.40. The maximum atomic E-state index is 11.8. The summed E-state index contributed by atoms with van der Waals surface area (Å²) in [7, 11) is 1.37.